The van der Waals surface area contributed by atoms with Crippen LogP contribution in [0.2, 0.25) is 0 Å². The van der Waals surface area contributed by atoms with E-state index in [4.69, 9.17) is 15.2 Å². The molecule has 0 bridgehead atoms. The van der Waals surface area contributed by atoms with Crippen LogP contribution in [0, 0.1) is 5.82 Å². The van der Waals surface area contributed by atoms with Gasteiger partial charge in [-0.3, -0.25) is 4.79 Å². The molecule has 6 heteroatoms. The van der Waals surface area contributed by atoms with E-state index in [1.54, 1.807) is 18.2 Å². The fourth-order valence-corrected chi connectivity index (χ4v) is 2.40. The first-order valence-electron chi connectivity index (χ1n) is 6.65. The molecule has 0 aliphatic rings. The van der Waals surface area contributed by atoms with Crippen molar-refractivity contribution in [3.63, 3.8) is 0 Å². The molecule has 2 aromatic rings. The molecule has 0 fully saturated rings. The zero-order valence-corrected chi connectivity index (χ0v) is 14.2. The number of ketones is 1. The molecule has 0 saturated carbocycles. The van der Waals surface area contributed by atoms with E-state index in [-0.39, 0.29) is 11.5 Å². The zero-order valence-electron chi connectivity index (χ0n) is 12.6. The number of methoxy groups -OCH3 is 2. The van der Waals surface area contributed by atoms with Crippen molar-refractivity contribution in [3.05, 3.63) is 57.8 Å². The Bertz CT molecular complexity index is 775. The lowest BCUT2D eigenvalue weighted by atomic mass is 10.1. The van der Waals surface area contributed by atoms with Crippen molar-refractivity contribution in [2.75, 3.05) is 20.0 Å². The van der Waals surface area contributed by atoms with Crippen LogP contribution in [0.3, 0.4) is 0 Å². The highest BCUT2D eigenvalue weighted by Crippen LogP contribution is 2.30. The van der Waals surface area contributed by atoms with Crippen LogP contribution in [0.4, 0.5) is 10.1 Å². The largest absolute Gasteiger partial charge is 0.497 e. The number of nitrogen functional groups attached to an aromatic ring is 1. The average molecular weight is 380 g/mol. The third-order valence-corrected chi connectivity index (χ3v) is 3.86. The van der Waals surface area contributed by atoms with E-state index in [0.717, 1.165) is 0 Å². The van der Waals surface area contributed by atoms with Gasteiger partial charge in [0.1, 0.15) is 5.75 Å². The molecule has 0 radical (unpaired) electrons. The summed E-state index contributed by atoms with van der Waals surface area (Å²) in [5.74, 6) is -0.142. The van der Waals surface area contributed by atoms with Crippen molar-refractivity contribution in [2.24, 2.45) is 0 Å². The van der Waals surface area contributed by atoms with Crippen LogP contribution < -0.4 is 15.2 Å². The Hall–Kier alpha value is -2.34. The van der Waals surface area contributed by atoms with Gasteiger partial charge < -0.3 is 15.2 Å². The number of hydrogen-bond donors (Lipinski definition) is 1. The van der Waals surface area contributed by atoms with Gasteiger partial charge in [0, 0.05) is 10.0 Å². The third-order valence-electron chi connectivity index (χ3n) is 3.21. The van der Waals surface area contributed by atoms with Crippen molar-refractivity contribution < 1.29 is 18.7 Å². The van der Waals surface area contributed by atoms with Gasteiger partial charge in [0.25, 0.3) is 0 Å². The molecule has 23 heavy (non-hydrogen) atoms. The van der Waals surface area contributed by atoms with Crippen LogP contribution in [-0.2, 0) is 0 Å². The second-order valence-corrected chi connectivity index (χ2v) is 5.52. The smallest absolute Gasteiger partial charge is 0.188 e. The van der Waals surface area contributed by atoms with Crippen molar-refractivity contribution in [3.8, 4) is 11.5 Å². The highest BCUT2D eigenvalue weighted by Gasteiger charge is 2.12. The van der Waals surface area contributed by atoms with Crippen molar-refractivity contribution in [2.45, 2.75) is 0 Å². The molecule has 120 valence electrons. The molecule has 2 rings (SSSR count). The number of rotatable bonds is 5. The normalized spacial score (nSPS) is 10.8. The van der Waals surface area contributed by atoms with Crippen LogP contribution in [0.25, 0.3) is 6.08 Å². The number of allylic oxidation sites excluding steroid dienone is 1. The van der Waals surface area contributed by atoms with Gasteiger partial charge >= 0.3 is 0 Å². The molecule has 0 atom stereocenters. The summed E-state index contributed by atoms with van der Waals surface area (Å²) in [4.78, 5) is 12.3. The maximum atomic E-state index is 13.6. The lowest BCUT2D eigenvalue weighted by molar-refractivity contribution is 0.104. The molecule has 2 N–H and O–H groups in total. The number of nitrogens with two attached hydrogens (primary N) is 1. The molecule has 4 nitrogen and oxygen atoms in total. The summed E-state index contributed by atoms with van der Waals surface area (Å²) < 4.78 is 24.2. The van der Waals surface area contributed by atoms with E-state index in [1.165, 1.54) is 38.5 Å². The van der Waals surface area contributed by atoms with E-state index in [0.29, 0.717) is 27.0 Å². The topological polar surface area (TPSA) is 61.5 Å². The molecule has 0 heterocycles. The standard InChI is InChI=1S/C17H15BrFNO3/c1-22-11-8-12(17(20)13(18)9-11)15(21)5-3-10-4-6-16(23-2)14(19)7-10/h3-9H,20H2,1-2H3. The molecular weight excluding hydrogens is 365 g/mol. The van der Waals surface area contributed by atoms with E-state index >= 15 is 0 Å². The Morgan fingerprint density at radius 1 is 1.22 bits per heavy atom. The van der Waals surface area contributed by atoms with E-state index in [1.807, 2.05) is 0 Å². The molecule has 0 saturated heterocycles. The first kappa shape index (κ1) is 17.0. The molecule has 0 aliphatic heterocycles. The van der Waals surface area contributed by atoms with Gasteiger partial charge in [-0.1, -0.05) is 12.1 Å². The van der Waals surface area contributed by atoms with E-state index in [2.05, 4.69) is 15.9 Å². The molecular formula is C17H15BrFNO3. The summed E-state index contributed by atoms with van der Waals surface area (Å²) in [5.41, 5.74) is 7.07. The summed E-state index contributed by atoms with van der Waals surface area (Å²) in [6, 6.07) is 7.66. The number of ether oxygens (including phenoxy) is 2. The summed E-state index contributed by atoms with van der Waals surface area (Å²) in [5, 5.41) is 0. The Kier molecular flexibility index (Phi) is 5.39. The monoisotopic (exact) mass is 379 g/mol. The zero-order chi connectivity index (χ0) is 17.0. The molecule has 2 aromatic carbocycles. The number of anilines is 1. The van der Waals surface area contributed by atoms with Gasteiger partial charge in [-0.2, -0.15) is 0 Å². The van der Waals surface area contributed by atoms with Crippen LogP contribution in [-0.4, -0.2) is 20.0 Å². The second kappa shape index (κ2) is 7.28. The fraction of sp³-hybridized carbons (Fsp3) is 0.118. The minimum atomic E-state index is -0.495. The van der Waals surface area contributed by atoms with Gasteiger partial charge in [0.05, 0.1) is 19.9 Å². The van der Waals surface area contributed by atoms with Gasteiger partial charge in [-0.05, 0) is 51.8 Å². The highest BCUT2D eigenvalue weighted by atomic mass is 79.9. The fourth-order valence-electron chi connectivity index (χ4n) is 1.96. The van der Waals surface area contributed by atoms with Crippen LogP contribution in [0.1, 0.15) is 15.9 Å². The van der Waals surface area contributed by atoms with Crippen molar-refractivity contribution >= 4 is 33.5 Å². The van der Waals surface area contributed by atoms with Gasteiger partial charge in [-0.25, -0.2) is 4.39 Å². The Balaban J connectivity index is 2.28. The van der Waals surface area contributed by atoms with Crippen LogP contribution in [0.5, 0.6) is 11.5 Å². The molecule has 0 aliphatic carbocycles. The minimum Gasteiger partial charge on any atom is -0.497 e. The Labute approximate surface area is 141 Å². The number of halogens is 2. The average Bonchev–Trinajstić information content (AvgIpc) is 2.55. The van der Waals surface area contributed by atoms with Crippen molar-refractivity contribution in [1.82, 2.24) is 0 Å². The first-order valence-corrected chi connectivity index (χ1v) is 7.44. The maximum Gasteiger partial charge on any atom is 0.188 e. The minimum absolute atomic E-state index is 0.148. The van der Waals surface area contributed by atoms with Gasteiger partial charge in [0.2, 0.25) is 0 Å². The van der Waals surface area contributed by atoms with Crippen molar-refractivity contribution in [1.29, 1.82) is 0 Å². The third kappa shape index (κ3) is 3.90. The van der Waals surface area contributed by atoms with Gasteiger partial charge in [-0.15, -0.1) is 0 Å². The Morgan fingerprint density at radius 2 is 1.96 bits per heavy atom. The lowest BCUT2D eigenvalue weighted by Crippen LogP contribution is -2.02. The van der Waals surface area contributed by atoms with E-state index in [9.17, 15) is 9.18 Å². The van der Waals surface area contributed by atoms with E-state index < -0.39 is 5.82 Å². The maximum absolute atomic E-state index is 13.6. The molecule has 0 spiro atoms. The lowest BCUT2D eigenvalue weighted by Gasteiger charge is -2.08. The van der Waals surface area contributed by atoms with Gasteiger partial charge in [0.15, 0.2) is 17.3 Å². The summed E-state index contributed by atoms with van der Waals surface area (Å²) >= 11 is 3.28. The molecule has 0 unspecified atom stereocenters. The summed E-state index contributed by atoms with van der Waals surface area (Å²) in [7, 11) is 2.89. The number of carbonyl (C=O) groups excluding carboxylic acids is 1. The number of hydrogen-bond acceptors (Lipinski definition) is 4. The molecule has 0 amide bonds. The predicted molar refractivity (Wildman–Crippen MR) is 91.4 cm³/mol. The predicted octanol–water partition coefficient (Wildman–Crippen LogP) is 4.08. The van der Waals surface area contributed by atoms with Crippen LogP contribution in [0.15, 0.2) is 40.9 Å². The van der Waals surface area contributed by atoms with Crippen LogP contribution >= 0.6 is 15.9 Å². The highest BCUT2D eigenvalue weighted by molar-refractivity contribution is 9.10. The number of benzene rings is 2. The summed E-state index contributed by atoms with van der Waals surface area (Å²) in [6.45, 7) is 0. The molecule has 0 aromatic heterocycles. The number of carbonyl (C=O) groups is 1. The quantitative estimate of drug-likeness (QED) is 0.482. The first-order chi connectivity index (χ1) is 11.0. The SMILES string of the molecule is COc1cc(Br)c(N)c(C(=O)C=Cc2ccc(OC)c(F)c2)c1. The Morgan fingerprint density at radius 3 is 2.57 bits per heavy atom. The summed E-state index contributed by atoms with van der Waals surface area (Å²) in [6.07, 6.45) is 2.84. The second-order valence-electron chi connectivity index (χ2n) is 4.66.